The van der Waals surface area contributed by atoms with Crippen LogP contribution in [0.2, 0.25) is 0 Å². The van der Waals surface area contributed by atoms with Gasteiger partial charge < -0.3 is 10.1 Å². The highest BCUT2D eigenvalue weighted by molar-refractivity contribution is 5.39. The second kappa shape index (κ2) is 5.35. The third-order valence-electron chi connectivity index (χ3n) is 4.88. The van der Waals surface area contributed by atoms with Crippen LogP contribution in [0.5, 0.6) is 5.75 Å². The minimum Gasteiger partial charge on any atom is -0.493 e. The normalized spacial score (nSPS) is 27.9. The Morgan fingerprint density at radius 3 is 2.80 bits per heavy atom. The molecule has 3 heterocycles. The molecule has 0 bridgehead atoms. The fourth-order valence-corrected chi connectivity index (χ4v) is 3.66. The predicted octanol–water partition coefficient (Wildman–Crippen LogP) is 0.752. The molecule has 1 aromatic carbocycles. The van der Waals surface area contributed by atoms with Crippen LogP contribution in [0.3, 0.4) is 0 Å². The molecule has 108 valence electrons. The van der Waals surface area contributed by atoms with E-state index in [1.54, 1.807) is 0 Å². The molecule has 0 saturated carbocycles. The number of nitrogens with one attached hydrogen (secondary N) is 1. The molecule has 4 rings (SSSR count). The molecule has 0 amide bonds. The summed E-state index contributed by atoms with van der Waals surface area (Å²) in [4.78, 5) is 5.23. The third-order valence-corrected chi connectivity index (χ3v) is 4.88. The van der Waals surface area contributed by atoms with Crippen LogP contribution in [0.4, 0.5) is 0 Å². The van der Waals surface area contributed by atoms with E-state index in [0.717, 1.165) is 38.0 Å². The zero-order chi connectivity index (χ0) is 13.4. The van der Waals surface area contributed by atoms with Crippen LogP contribution in [-0.2, 0) is 0 Å². The number of fused-ring (bicyclic) bond motifs is 1. The van der Waals surface area contributed by atoms with Gasteiger partial charge in [0.05, 0.1) is 6.61 Å². The van der Waals surface area contributed by atoms with Crippen molar-refractivity contribution < 1.29 is 4.74 Å². The first-order valence-corrected chi connectivity index (χ1v) is 7.79. The standard InChI is InChI=1S/C16H23N3O/c1-2-4-16-15(3-1)13(12-20-16)9-18-10-14(11-18)19-7-5-17-6-8-19/h1-4,13-14,17H,5-12H2. The van der Waals surface area contributed by atoms with Gasteiger partial charge >= 0.3 is 0 Å². The van der Waals surface area contributed by atoms with Gasteiger partial charge in [-0.3, -0.25) is 9.80 Å². The van der Waals surface area contributed by atoms with E-state index in [1.807, 2.05) is 0 Å². The van der Waals surface area contributed by atoms with Gasteiger partial charge in [-0.15, -0.1) is 0 Å². The lowest BCUT2D eigenvalue weighted by Gasteiger charge is -2.47. The average molecular weight is 273 g/mol. The molecule has 0 radical (unpaired) electrons. The van der Waals surface area contributed by atoms with Crippen LogP contribution in [0.15, 0.2) is 24.3 Å². The number of benzene rings is 1. The molecule has 0 spiro atoms. The van der Waals surface area contributed by atoms with Crippen molar-refractivity contribution in [3.8, 4) is 5.75 Å². The summed E-state index contributed by atoms with van der Waals surface area (Å²) < 4.78 is 5.78. The van der Waals surface area contributed by atoms with E-state index < -0.39 is 0 Å². The van der Waals surface area contributed by atoms with Crippen LogP contribution >= 0.6 is 0 Å². The predicted molar refractivity (Wildman–Crippen MR) is 79.3 cm³/mol. The molecular weight excluding hydrogens is 250 g/mol. The van der Waals surface area contributed by atoms with Crippen LogP contribution in [0.1, 0.15) is 11.5 Å². The Morgan fingerprint density at radius 2 is 1.95 bits per heavy atom. The molecule has 2 fully saturated rings. The first-order valence-electron chi connectivity index (χ1n) is 7.79. The maximum absolute atomic E-state index is 5.78. The van der Waals surface area contributed by atoms with Gasteiger partial charge in [-0.25, -0.2) is 0 Å². The highest BCUT2D eigenvalue weighted by Crippen LogP contribution is 2.34. The van der Waals surface area contributed by atoms with E-state index in [9.17, 15) is 0 Å². The molecule has 1 N–H and O–H groups in total. The Labute approximate surface area is 120 Å². The minimum atomic E-state index is 0.565. The fourth-order valence-electron chi connectivity index (χ4n) is 3.66. The first kappa shape index (κ1) is 12.6. The number of para-hydroxylation sites is 1. The van der Waals surface area contributed by atoms with Crippen molar-refractivity contribution in [1.29, 1.82) is 0 Å². The van der Waals surface area contributed by atoms with Crippen LogP contribution in [0.25, 0.3) is 0 Å². The summed E-state index contributed by atoms with van der Waals surface area (Å²) >= 11 is 0. The molecule has 1 unspecified atom stereocenters. The lowest BCUT2D eigenvalue weighted by Crippen LogP contribution is -2.63. The van der Waals surface area contributed by atoms with E-state index in [0.29, 0.717) is 5.92 Å². The van der Waals surface area contributed by atoms with Crippen LogP contribution < -0.4 is 10.1 Å². The summed E-state index contributed by atoms with van der Waals surface area (Å²) in [5.41, 5.74) is 1.40. The Hall–Kier alpha value is -1.10. The number of nitrogens with zero attached hydrogens (tertiary/aromatic N) is 2. The Kier molecular flexibility index (Phi) is 3.38. The van der Waals surface area contributed by atoms with Crippen molar-refractivity contribution in [3.05, 3.63) is 29.8 Å². The Balaban J connectivity index is 1.30. The summed E-state index contributed by atoms with van der Waals surface area (Å²) in [6, 6.07) is 9.29. The Morgan fingerprint density at radius 1 is 1.15 bits per heavy atom. The molecule has 2 saturated heterocycles. The number of ether oxygens (including phenoxy) is 1. The molecule has 20 heavy (non-hydrogen) atoms. The van der Waals surface area contributed by atoms with E-state index in [4.69, 9.17) is 4.74 Å². The van der Waals surface area contributed by atoms with Gasteiger partial charge in [-0.2, -0.15) is 0 Å². The Bertz CT molecular complexity index is 467. The van der Waals surface area contributed by atoms with Gasteiger partial charge in [0.2, 0.25) is 0 Å². The minimum absolute atomic E-state index is 0.565. The summed E-state index contributed by atoms with van der Waals surface area (Å²) in [7, 11) is 0. The van der Waals surface area contributed by atoms with Crippen LogP contribution in [0, 0.1) is 0 Å². The van der Waals surface area contributed by atoms with Crippen molar-refractivity contribution in [2.24, 2.45) is 0 Å². The number of rotatable bonds is 3. The summed E-state index contributed by atoms with van der Waals surface area (Å²) in [5, 5.41) is 3.43. The first-order chi connectivity index (χ1) is 9.90. The van der Waals surface area contributed by atoms with Gasteiger partial charge in [0.1, 0.15) is 5.75 Å². The summed E-state index contributed by atoms with van der Waals surface area (Å²) in [6.45, 7) is 9.22. The fraction of sp³-hybridized carbons (Fsp3) is 0.625. The summed E-state index contributed by atoms with van der Waals surface area (Å²) in [6.07, 6.45) is 0. The van der Waals surface area contributed by atoms with Gasteiger partial charge in [0, 0.05) is 63.3 Å². The highest BCUT2D eigenvalue weighted by atomic mass is 16.5. The van der Waals surface area contributed by atoms with Gasteiger partial charge in [-0.05, 0) is 6.07 Å². The van der Waals surface area contributed by atoms with E-state index in [2.05, 4.69) is 39.4 Å². The van der Waals surface area contributed by atoms with Crippen molar-refractivity contribution in [2.45, 2.75) is 12.0 Å². The number of hydrogen-bond donors (Lipinski definition) is 1. The number of likely N-dealkylation sites (tertiary alicyclic amines) is 1. The molecule has 3 aliphatic heterocycles. The molecule has 1 atom stereocenters. The highest BCUT2D eigenvalue weighted by Gasteiger charge is 2.35. The smallest absolute Gasteiger partial charge is 0.122 e. The molecular formula is C16H23N3O. The second-order valence-corrected chi connectivity index (χ2v) is 6.20. The van der Waals surface area contributed by atoms with Gasteiger partial charge in [0.25, 0.3) is 0 Å². The monoisotopic (exact) mass is 273 g/mol. The van der Waals surface area contributed by atoms with Crippen molar-refractivity contribution in [2.75, 3.05) is 52.4 Å². The molecule has 4 nitrogen and oxygen atoms in total. The maximum Gasteiger partial charge on any atom is 0.122 e. The third kappa shape index (κ3) is 2.32. The zero-order valence-corrected chi connectivity index (χ0v) is 11.9. The van der Waals surface area contributed by atoms with E-state index >= 15 is 0 Å². The SMILES string of the molecule is c1ccc2c(c1)OCC2CN1CC(N2CCNCC2)C1. The quantitative estimate of drug-likeness (QED) is 0.880. The molecule has 0 aliphatic carbocycles. The number of hydrogen-bond acceptors (Lipinski definition) is 4. The second-order valence-electron chi connectivity index (χ2n) is 6.20. The van der Waals surface area contributed by atoms with E-state index in [-0.39, 0.29) is 0 Å². The molecule has 3 aliphatic rings. The van der Waals surface area contributed by atoms with Crippen LogP contribution in [-0.4, -0.2) is 68.3 Å². The largest absolute Gasteiger partial charge is 0.493 e. The number of piperazine rings is 1. The van der Waals surface area contributed by atoms with Gasteiger partial charge in [0.15, 0.2) is 0 Å². The van der Waals surface area contributed by atoms with Crippen molar-refractivity contribution >= 4 is 0 Å². The molecule has 0 aromatic heterocycles. The lowest BCUT2D eigenvalue weighted by atomic mass is 9.97. The van der Waals surface area contributed by atoms with E-state index in [1.165, 1.54) is 31.7 Å². The molecule has 4 heteroatoms. The summed E-state index contributed by atoms with van der Waals surface area (Å²) in [5.74, 6) is 1.66. The average Bonchev–Trinajstić information content (AvgIpc) is 2.86. The maximum atomic E-state index is 5.78. The zero-order valence-electron chi connectivity index (χ0n) is 11.9. The van der Waals surface area contributed by atoms with Gasteiger partial charge in [-0.1, -0.05) is 18.2 Å². The topological polar surface area (TPSA) is 27.7 Å². The molecule has 1 aromatic rings. The lowest BCUT2D eigenvalue weighted by molar-refractivity contribution is 0.0225. The van der Waals surface area contributed by atoms with Crippen molar-refractivity contribution in [1.82, 2.24) is 15.1 Å². The van der Waals surface area contributed by atoms with Crippen molar-refractivity contribution in [3.63, 3.8) is 0 Å².